The highest BCUT2D eigenvalue weighted by Gasteiger charge is 2.09. The lowest BCUT2D eigenvalue weighted by Crippen LogP contribution is -2.13. The van der Waals surface area contributed by atoms with E-state index in [4.69, 9.17) is 0 Å². The van der Waals surface area contributed by atoms with Crippen molar-refractivity contribution in [2.75, 3.05) is 9.38 Å². The number of hydrogen-bond acceptors (Lipinski definition) is 3. The van der Waals surface area contributed by atoms with E-state index in [1.807, 2.05) is 0 Å². The second-order valence-electron chi connectivity index (χ2n) is 2.73. The summed E-state index contributed by atoms with van der Waals surface area (Å²) in [4.78, 5) is 0. The smallest absolute Gasteiger partial charge is 0.387 e. The molecule has 0 radical (unpaired) electrons. The average Bonchev–Trinajstić information content (AvgIpc) is 2.16. The Kier molecular flexibility index (Phi) is 4.48. The number of alkyl halides is 3. The zero-order valence-electron chi connectivity index (χ0n) is 7.86. The molecule has 8 heteroatoms. The fourth-order valence-electron chi connectivity index (χ4n) is 0.943. The average molecular weight is 316 g/mol. The predicted octanol–water partition coefficient (Wildman–Crippen LogP) is 2.38. The van der Waals surface area contributed by atoms with Crippen molar-refractivity contribution in [1.29, 1.82) is 0 Å². The summed E-state index contributed by atoms with van der Waals surface area (Å²) in [5.74, 6) is -0.107. The van der Waals surface area contributed by atoms with E-state index in [0.29, 0.717) is 0 Å². The quantitative estimate of drug-likeness (QED) is 0.849. The minimum absolute atomic E-state index is 0.107. The van der Waals surface area contributed by atoms with Gasteiger partial charge in [-0.25, -0.2) is 8.42 Å². The SMILES string of the molecule is O=S(=O)(CBr)Nc1cccc(OC(F)F)c1. The highest BCUT2D eigenvalue weighted by atomic mass is 79.9. The van der Waals surface area contributed by atoms with Gasteiger partial charge in [0.1, 0.15) is 10.4 Å². The lowest BCUT2D eigenvalue weighted by atomic mass is 10.3. The van der Waals surface area contributed by atoms with E-state index in [2.05, 4.69) is 25.4 Å². The Bertz CT molecular complexity index is 452. The Hall–Kier alpha value is -0.890. The fourth-order valence-corrected chi connectivity index (χ4v) is 1.83. The normalized spacial score (nSPS) is 11.5. The summed E-state index contributed by atoms with van der Waals surface area (Å²) >= 11 is 2.79. The number of benzene rings is 1. The summed E-state index contributed by atoms with van der Waals surface area (Å²) < 4.78 is 52.1. The number of anilines is 1. The molecule has 1 N–H and O–H groups in total. The molecule has 0 aliphatic carbocycles. The lowest BCUT2D eigenvalue weighted by Gasteiger charge is -2.08. The van der Waals surface area contributed by atoms with Crippen molar-refractivity contribution in [1.82, 2.24) is 0 Å². The Balaban J connectivity index is 2.83. The molecule has 0 saturated carbocycles. The van der Waals surface area contributed by atoms with Gasteiger partial charge < -0.3 is 4.74 Å². The first-order chi connectivity index (χ1) is 7.43. The molecule has 0 unspecified atom stereocenters. The van der Waals surface area contributed by atoms with Gasteiger partial charge in [0, 0.05) is 6.07 Å². The van der Waals surface area contributed by atoms with Crippen LogP contribution in [0.5, 0.6) is 5.75 Å². The molecule has 0 spiro atoms. The van der Waals surface area contributed by atoms with Crippen LogP contribution in [-0.4, -0.2) is 19.7 Å². The zero-order valence-corrected chi connectivity index (χ0v) is 10.3. The molecular weight excluding hydrogens is 308 g/mol. The van der Waals surface area contributed by atoms with Crippen LogP contribution in [0.4, 0.5) is 14.5 Å². The minimum Gasteiger partial charge on any atom is -0.435 e. The fraction of sp³-hybridized carbons (Fsp3) is 0.250. The largest absolute Gasteiger partial charge is 0.435 e. The number of hydrogen-bond donors (Lipinski definition) is 1. The number of nitrogens with one attached hydrogen (secondary N) is 1. The molecule has 0 aromatic heterocycles. The van der Waals surface area contributed by atoms with Crippen molar-refractivity contribution >= 4 is 31.6 Å². The van der Waals surface area contributed by atoms with Crippen LogP contribution in [0.15, 0.2) is 24.3 Å². The number of sulfonamides is 1. The summed E-state index contributed by atoms with van der Waals surface area (Å²) in [6.07, 6.45) is 0. The third-order valence-corrected chi connectivity index (χ3v) is 4.12. The molecular formula is C8H8BrF2NO3S. The van der Waals surface area contributed by atoms with Crippen LogP contribution in [0, 0.1) is 0 Å². The molecule has 1 rings (SSSR count). The molecule has 1 aromatic carbocycles. The molecule has 16 heavy (non-hydrogen) atoms. The van der Waals surface area contributed by atoms with E-state index in [1.165, 1.54) is 24.3 Å². The van der Waals surface area contributed by atoms with Crippen LogP contribution >= 0.6 is 15.9 Å². The standard InChI is InChI=1S/C8H8BrF2NO3S/c9-5-16(13,14)12-6-2-1-3-7(4-6)15-8(10)11/h1-4,8,12H,5H2. The molecule has 0 bridgehead atoms. The van der Waals surface area contributed by atoms with Gasteiger partial charge in [0.05, 0.1) is 5.69 Å². The highest BCUT2D eigenvalue weighted by Crippen LogP contribution is 2.20. The first kappa shape index (κ1) is 13.2. The van der Waals surface area contributed by atoms with Gasteiger partial charge in [0.15, 0.2) is 0 Å². The maximum absolute atomic E-state index is 11.9. The van der Waals surface area contributed by atoms with Gasteiger partial charge >= 0.3 is 6.61 Å². The molecule has 90 valence electrons. The van der Waals surface area contributed by atoms with Gasteiger partial charge in [-0.1, -0.05) is 22.0 Å². The van der Waals surface area contributed by atoms with E-state index in [-0.39, 0.29) is 16.1 Å². The second kappa shape index (κ2) is 5.44. The molecule has 1 aromatic rings. The maximum Gasteiger partial charge on any atom is 0.387 e. The van der Waals surface area contributed by atoms with E-state index in [9.17, 15) is 17.2 Å². The first-order valence-corrected chi connectivity index (χ1v) is 6.81. The van der Waals surface area contributed by atoms with Crippen molar-refractivity contribution in [3.63, 3.8) is 0 Å². The van der Waals surface area contributed by atoms with Crippen LogP contribution in [-0.2, 0) is 10.0 Å². The van der Waals surface area contributed by atoms with Gasteiger partial charge in [0.2, 0.25) is 10.0 Å². The van der Waals surface area contributed by atoms with Gasteiger partial charge in [0.25, 0.3) is 0 Å². The monoisotopic (exact) mass is 315 g/mol. The van der Waals surface area contributed by atoms with Crippen molar-refractivity contribution in [3.8, 4) is 5.75 Å². The third-order valence-electron chi connectivity index (χ3n) is 1.48. The Morgan fingerprint density at radius 2 is 2.12 bits per heavy atom. The molecule has 0 aliphatic rings. The van der Waals surface area contributed by atoms with Crippen LogP contribution in [0.3, 0.4) is 0 Å². The van der Waals surface area contributed by atoms with Crippen molar-refractivity contribution in [2.24, 2.45) is 0 Å². The number of rotatable bonds is 5. The molecule has 0 amide bonds. The summed E-state index contributed by atoms with van der Waals surface area (Å²) in [7, 11) is -3.49. The molecule has 0 atom stereocenters. The van der Waals surface area contributed by atoms with Crippen molar-refractivity contribution in [2.45, 2.75) is 6.61 Å². The van der Waals surface area contributed by atoms with Crippen molar-refractivity contribution < 1.29 is 21.9 Å². The van der Waals surface area contributed by atoms with Crippen LogP contribution in [0.2, 0.25) is 0 Å². The lowest BCUT2D eigenvalue weighted by molar-refractivity contribution is -0.0497. The summed E-state index contributed by atoms with van der Waals surface area (Å²) in [5.41, 5.74) is 0.164. The highest BCUT2D eigenvalue weighted by molar-refractivity contribution is 9.10. The van der Waals surface area contributed by atoms with Crippen molar-refractivity contribution in [3.05, 3.63) is 24.3 Å². The Morgan fingerprint density at radius 1 is 1.44 bits per heavy atom. The predicted molar refractivity (Wildman–Crippen MR) is 59.4 cm³/mol. The number of ether oxygens (including phenoxy) is 1. The van der Waals surface area contributed by atoms with E-state index in [0.717, 1.165) is 0 Å². The van der Waals surface area contributed by atoms with Gasteiger partial charge in [-0.15, -0.1) is 0 Å². The number of halogens is 3. The Labute approximate surface area is 99.8 Å². The van der Waals surface area contributed by atoms with Crippen LogP contribution in [0.1, 0.15) is 0 Å². The minimum atomic E-state index is -3.49. The third kappa shape index (κ3) is 4.31. The van der Waals surface area contributed by atoms with Crippen LogP contribution in [0.25, 0.3) is 0 Å². The first-order valence-electron chi connectivity index (χ1n) is 4.04. The van der Waals surface area contributed by atoms with E-state index >= 15 is 0 Å². The van der Waals surface area contributed by atoms with Crippen LogP contribution < -0.4 is 9.46 Å². The topological polar surface area (TPSA) is 55.4 Å². The summed E-state index contributed by atoms with van der Waals surface area (Å²) in [5, 5.41) is 0. The molecule has 0 fully saturated rings. The van der Waals surface area contributed by atoms with Gasteiger partial charge in [-0.3, -0.25) is 4.72 Å². The molecule has 0 aliphatic heterocycles. The second-order valence-corrected chi connectivity index (χ2v) is 5.76. The summed E-state index contributed by atoms with van der Waals surface area (Å²) in [6.45, 7) is -2.94. The molecule has 0 heterocycles. The van der Waals surface area contributed by atoms with E-state index in [1.54, 1.807) is 0 Å². The zero-order chi connectivity index (χ0) is 12.2. The Morgan fingerprint density at radius 3 is 2.69 bits per heavy atom. The van der Waals surface area contributed by atoms with Gasteiger partial charge in [-0.2, -0.15) is 8.78 Å². The summed E-state index contributed by atoms with van der Waals surface area (Å²) in [6, 6.07) is 5.31. The maximum atomic E-state index is 11.9. The molecule has 0 saturated heterocycles. The van der Waals surface area contributed by atoms with Gasteiger partial charge in [-0.05, 0) is 12.1 Å². The molecule has 4 nitrogen and oxygen atoms in total. The van der Waals surface area contributed by atoms with E-state index < -0.39 is 16.6 Å².